The molecule has 2 rings (SSSR count). The predicted octanol–water partition coefficient (Wildman–Crippen LogP) is 2.96. The lowest BCUT2D eigenvalue weighted by molar-refractivity contribution is 1.03. The van der Waals surface area contributed by atoms with Gasteiger partial charge in [0.05, 0.1) is 0 Å². The van der Waals surface area contributed by atoms with Crippen molar-refractivity contribution in [2.45, 2.75) is 0 Å². The normalized spacial score (nSPS) is 9.23. The van der Waals surface area contributed by atoms with Crippen molar-refractivity contribution in [2.24, 2.45) is 0 Å². The lowest BCUT2D eigenvalue weighted by Gasteiger charge is -1.99. The second kappa shape index (κ2) is 4.25. The Kier molecular flexibility index (Phi) is 3.28. The zero-order valence-corrected chi connectivity index (χ0v) is 8.44. The van der Waals surface area contributed by atoms with Crippen molar-refractivity contribution >= 4 is 24.6 Å². The van der Waals surface area contributed by atoms with Crippen molar-refractivity contribution in [1.29, 1.82) is 0 Å². The van der Waals surface area contributed by atoms with Gasteiger partial charge in [-0.25, -0.2) is 0 Å². The van der Waals surface area contributed by atoms with Crippen LogP contribution in [0.4, 0.5) is 0 Å². The van der Waals surface area contributed by atoms with Crippen LogP contribution in [0.3, 0.4) is 0 Å². The maximum atomic E-state index is 5.07. The fraction of sp³-hybridized carbons (Fsp3) is 0. The number of imidazole rings is 1. The van der Waals surface area contributed by atoms with Crippen LogP contribution in [0.1, 0.15) is 0 Å². The second-order valence-corrected chi connectivity index (χ2v) is 2.86. The minimum Gasteiger partial charge on any atom is -0.337 e. The summed E-state index contributed by atoms with van der Waals surface area (Å²) in [5.74, 6) is 0. The summed E-state index contributed by atoms with van der Waals surface area (Å²) >= 11 is 5.07. The van der Waals surface area contributed by atoms with E-state index in [0.29, 0.717) is 0 Å². The molecule has 0 aliphatic heterocycles. The molecule has 2 aromatic rings. The number of nitrogens with one attached hydrogen (secondary N) is 1. The number of aromatic amines is 1. The Morgan fingerprint density at radius 1 is 1.15 bits per heavy atom. The zero-order valence-electron chi connectivity index (χ0n) is 6.81. The van der Waals surface area contributed by atoms with Crippen molar-refractivity contribution in [1.82, 2.24) is 9.55 Å². The summed E-state index contributed by atoms with van der Waals surface area (Å²) < 4.78 is 2.65. The summed E-state index contributed by atoms with van der Waals surface area (Å²) in [4.78, 5) is 2.94. The van der Waals surface area contributed by atoms with Crippen molar-refractivity contribution in [2.75, 3.05) is 0 Å². The molecule has 13 heavy (non-hydrogen) atoms. The van der Waals surface area contributed by atoms with E-state index in [9.17, 15) is 0 Å². The van der Waals surface area contributed by atoms with Gasteiger partial charge < -0.3 is 4.98 Å². The van der Waals surface area contributed by atoms with Crippen LogP contribution in [0.25, 0.3) is 5.69 Å². The van der Waals surface area contributed by atoms with Crippen LogP contribution in [0.5, 0.6) is 0 Å². The van der Waals surface area contributed by atoms with Gasteiger partial charge in [-0.1, -0.05) is 18.2 Å². The fourth-order valence-corrected chi connectivity index (χ4v) is 1.35. The molecule has 1 N–H and O–H groups in total. The minimum absolute atomic E-state index is 0. The number of benzene rings is 1. The summed E-state index contributed by atoms with van der Waals surface area (Å²) in [6.45, 7) is 0. The lowest BCUT2D eigenvalue weighted by Crippen LogP contribution is -1.90. The first kappa shape index (κ1) is 10.0. The van der Waals surface area contributed by atoms with Gasteiger partial charge >= 0.3 is 0 Å². The van der Waals surface area contributed by atoms with Crippen molar-refractivity contribution in [3.63, 3.8) is 0 Å². The number of rotatable bonds is 1. The summed E-state index contributed by atoms with van der Waals surface area (Å²) in [7, 11) is 0. The highest BCUT2D eigenvalue weighted by Crippen LogP contribution is 2.06. The number of H-pyrrole nitrogens is 1. The van der Waals surface area contributed by atoms with E-state index < -0.39 is 0 Å². The maximum Gasteiger partial charge on any atom is 0.181 e. The van der Waals surface area contributed by atoms with Crippen LogP contribution in [0.2, 0.25) is 0 Å². The van der Waals surface area contributed by atoms with Gasteiger partial charge in [0, 0.05) is 18.1 Å². The Balaban J connectivity index is 0.000000845. The van der Waals surface area contributed by atoms with Gasteiger partial charge in [0.15, 0.2) is 4.77 Å². The molecule has 0 aliphatic carbocycles. The lowest BCUT2D eigenvalue weighted by atomic mass is 10.3. The second-order valence-electron chi connectivity index (χ2n) is 2.47. The average Bonchev–Trinajstić information content (AvgIpc) is 2.53. The van der Waals surface area contributed by atoms with Crippen LogP contribution in [0.15, 0.2) is 42.7 Å². The topological polar surface area (TPSA) is 20.7 Å². The van der Waals surface area contributed by atoms with Crippen LogP contribution >= 0.6 is 24.6 Å². The van der Waals surface area contributed by atoms with Gasteiger partial charge in [-0.15, -0.1) is 12.4 Å². The quantitative estimate of drug-likeness (QED) is 0.721. The molecule has 0 atom stereocenters. The van der Waals surface area contributed by atoms with Gasteiger partial charge in [-0.05, 0) is 24.4 Å². The van der Waals surface area contributed by atoms with Crippen molar-refractivity contribution in [3.8, 4) is 5.69 Å². The third-order valence-corrected chi connectivity index (χ3v) is 2.00. The molecular weight excluding hydrogens is 204 g/mol. The Labute approximate surface area is 87.6 Å². The van der Waals surface area contributed by atoms with Gasteiger partial charge in [0.2, 0.25) is 0 Å². The van der Waals surface area contributed by atoms with E-state index in [1.165, 1.54) is 0 Å². The molecule has 2 nitrogen and oxygen atoms in total. The molecule has 1 aromatic heterocycles. The molecule has 0 spiro atoms. The van der Waals surface area contributed by atoms with E-state index in [-0.39, 0.29) is 12.4 Å². The van der Waals surface area contributed by atoms with Crippen LogP contribution in [-0.4, -0.2) is 9.55 Å². The van der Waals surface area contributed by atoms with E-state index in [1.807, 2.05) is 47.3 Å². The third kappa shape index (κ3) is 1.99. The minimum atomic E-state index is 0. The molecular formula is C9H9ClN2S. The van der Waals surface area contributed by atoms with E-state index in [0.717, 1.165) is 10.5 Å². The molecule has 0 radical (unpaired) electrons. The van der Waals surface area contributed by atoms with Crippen LogP contribution < -0.4 is 0 Å². The Morgan fingerprint density at radius 3 is 2.38 bits per heavy atom. The third-order valence-electron chi connectivity index (χ3n) is 1.68. The summed E-state index contributed by atoms with van der Waals surface area (Å²) in [6.07, 6.45) is 3.74. The first-order valence-electron chi connectivity index (χ1n) is 3.69. The smallest absolute Gasteiger partial charge is 0.181 e. The van der Waals surface area contributed by atoms with E-state index in [1.54, 1.807) is 0 Å². The average molecular weight is 213 g/mol. The SMILES string of the molecule is Cl.S=c1[nH]ccn1-c1ccccc1. The highest BCUT2D eigenvalue weighted by molar-refractivity contribution is 7.71. The van der Waals surface area contributed by atoms with E-state index in [4.69, 9.17) is 12.2 Å². The summed E-state index contributed by atoms with van der Waals surface area (Å²) in [6, 6.07) is 10.0. The van der Waals surface area contributed by atoms with Crippen molar-refractivity contribution in [3.05, 3.63) is 47.5 Å². The van der Waals surface area contributed by atoms with Gasteiger partial charge in [0.25, 0.3) is 0 Å². The zero-order chi connectivity index (χ0) is 8.39. The summed E-state index contributed by atoms with van der Waals surface area (Å²) in [5, 5.41) is 0. The highest BCUT2D eigenvalue weighted by Gasteiger charge is 1.93. The Hall–Kier alpha value is -1.06. The first-order chi connectivity index (χ1) is 5.88. The standard InChI is InChI=1S/C9H8N2S.ClH/c12-9-10-6-7-11(9)8-4-2-1-3-5-8;/h1-7H,(H,10,12);1H. The van der Waals surface area contributed by atoms with E-state index in [2.05, 4.69) is 4.98 Å². The Bertz CT molecular complexity index is 418. The predicted molar refractivity (Wildman–Crippen MR) is 58.2 cm³/mol. The molecule has 1 aromatic carbocycles. The maximum absolute atomic E-state index is 5.07. The largest absolute Gasteiger partial charge is 0.337 e. The molecule has 4 heteroatoms. The van der Waals surface area contributed by atoms with E-state index >= 15 is 0 Å². The molecule has 0 fully saturated rings. The molecule has 1 heterocycles. The summed E-state index contributed by atoms with van der Waals surface area (Å²) in [5.41, 5.74) is 1.09. The number of para-hydroxylation sites is 1. The molecule has 0 bridgehead atoms. The molecule has 0 unspecified atom stereocenters. The molecule has 68 valence electrons. The molecule has 0 amide bonds. The van der Waals surface area contributed by atoms with Crippen LogP contribution in [0, 0.1) is 4.77 Å². The number of aromatic nitrogens is 2. The number of hydrogen-bond acceptors (Lipinski definition) is 1. The molecule has 0 aliphatic rings. The monoisotopic (exact) mass is 212 g/mol. The molecule has 0 saturated heterocycles. The van der Waals surface area contributed by atoms with Crippen molar-refractivity contribution < 1.29 is 0 Å². The number of nitrogens with zero attached hydrogens (tertiary/aromatic N) is 1. The Morgan fingerprint density at radius 2 is 1.85 bits per heavy atom. The fourth-order valence-electron chi connectivity index (χ4n) is 1.11. The van der Waals surface area contributed by atoms with Gasteiger partial charge in [-0.3, -0.25) is 4.57 Å². The number of halogens is 1. The van der Waals surface area contributed by atoms with Crippen LogP contribution in [-0.2, 0) is 0 Å². The molecule has 0 saturated carbocycles. The first-order valence-corrected chi connectivity index (χ1v) is 4.10. The number of hydrogen-bond donors (Lipinski definition) is 1. The van der Waals surface area contributed by atoms with Gasteiger partial charge in [-0.2, -0.15) is 0 Å². The highest BCUT2D eigenvalue weighted by atomic mass is 35.5. The van der Waals surface area contributed by atoms with Gasteiger partial charge in [0.1, 0.15) is 0 Å².